The summed E-state index contributed by atoms with van der Waals surface area (Å²) in [5.74, 6) is 0.178. The van der Waals surface area contributed by atoms with Crippen molar-refractivity contribution >= 4 is 38.4 Å². The predicted octanol–water partition coefficient (Wildman–Crippen LogP) is 0.331. The van der Waals surface area contributed by atoms with Gasteiger partial charge in [0.05, 0.1) is 17.4 Å². The molecule has 7 heteroatoms. The second kappa shape index (κ2) is 6.89. The zero-order valence-electron chi connectivity index (χ0n) is 9.89. The van der Waals surface area contributed by atoms with Gasteiger partial charge in [0.2, 0.25) is 0 Å². The largest absolute Gasteiger partial charge is 0.464 e. The highest BCUT2D eigenvalue weighted by Gasteiger charge is 2.21. The van der Waals surface area contributed by atoms with Crippen molar-refractivity contribution < 1.29 is 17.9 Å². The highest BCUT2D eigenvalue weighted by Crippen LogP contribution is 2.05. The maximum atomic E-state index is 11.4. The van der Waals surface area contributed by atoms with Crippen molar-refractivity contribution in [1.82, 2.24) is 4.90 Å². The van der Waals surface area contributed by atoms with Crippen LogP contribution in [-0.2, 0) is 19.4 Å². The van der Waals surface area contributed by atoms with E-state index in [-0.39, 0.29) is 23.4 Å². The Kier molecular flexibility index (Phi) is 6.14. The quantitative estimate of drug-likeness (QED) is 0.394. The van der Waals surface area contributed by atoms with Crippen LogP contribution >= 0.6 is 22.6 Å². The monoisotopic (exact) mass is 375 g/mol. The van der Waals surface area contributed by atoms with Gasteiger partial charge in [0.1, 0.15) is 6.61 Å². The van der Waals surface area contributed by atoms with E-state index in [2.05, 4.69) is 22.6 Å². The fraction of sp³-hybridized carbons (Fsp3) is 0.900. The lowest BCUT2D eigenvalue weighted by atomic mass is 10.2. The molecule has 5 nitrogen and oxygen atoms in total. The summed E-state index contributed by atoms with van der Waals surface area (Å²) in [6.45, 7) is 3.89. The number of halogens is 1. The van der Waals surface area contributed by atoms with Crippen LogP contribution in [0.15, 0.2) is 0 Å². The minimum atomic E-state index is -2.82. The zero-order chi connectivity index (χ0) is 12.9. The van der Waals surface area contributed by atoms with Gasteiger partial charge in [-0.15, -0.1) is 0 Å². The third-order valence-corrected chi connectivity index (χ3v) is 5.65. The van der Waals surface area contributed by atoms with Crippen molar-refractivity contribution in [2.24, 2.45) is 5.92 Å². The molecule has 100 valence electrons. The zero-order valence-corrected chi connectivity index (χ0v) is 12.9. The summed E-state index contributed by atoms with van der Waals surface area (Å²) in [5, 5.41) is 0. The number of carbonyl (C=O) groups excluding carboxylic acids is 1. The van der Waals surface area contributed by atoms with Crippen LogP contribution in [0.25, 0.3) is 0 Å². The lowest BCUT2D eigenvalue weighted by molar-refractivity contribution is -0.147. The molecule has 1 fully saturated rings. The van der Waals surface area contributed by atoms with Crippen molar-refractivity contribution in [2.45, 2.75) is 6.92 Å². The molecule has 0 spiro atoms. The highest BCUT2D eigenvalue weighted by molar-refractivity contribution is 14.1. The van der Waals surface area contributed by atoms with Crippen molar-refractivity contribution in [3.05, 3.63) is 0 Å². The third-order valence-electron chi connectivity index (χ3n) is 2.72. The average molecular weight is 375 g/mol. The molecule has 0 aromatic rings. The van der Waals surface area contributed by atoms with Gasteiger partial charge in [-0.05, 0) is 0 Å². The number of esters is 1. The molecule has 1 aliphatic heterocycles. The Hall–Kier alpha value is 0.110. The van der Waals surface area contributed by atoms with E-state index in [4.69, 9.17) is 4.74 Å². The molecule has 0 aromatic heterocycles. The highest BCUT2D eigenvalue weighted by atomic mass is 127. The van der Waals surface area contributed by atoms with E-state index in [1.165, 1.54) is 0 Å². The molecular formula is C10H18INO4S. The Morgan fingerprint density at radius 3 is 2.53 bits per heavy atom. The number of ether oxygens (including phenoxy) is 1. The molecule has 0 radical (unpaired) electrons. The number of carbonyl (C=O) groups is 1. The van der Waals surface area contributed by atoms with E-state index in [0.717, 1.165) is 4.43 Å². The number of sulfone groups is 1. The van der Waals surface area contributed by atoms with Crippen LogP contribution in [0.1, 0.15) is 6.92 Å². The lowest BCUT2D eigenvalue weighted by Crippen LogP contribution is -2.42. The second-order valence-corrected chi connectivity index (χ2v) is 7.40. The van der Waals surface area contributed by atoms with Crippen molar-refractivity contribution in [3.63, 3.8) is 0 Å². The molecule has 1 saturated heterocycles. The molecule has 0 saturated carbocycles. The Morgan fingerprint density at radius 2 is 2.00 bits per heavy atom. The summed E-state index contributed by atoms with van der Waals surface area (Å²) in [7, 11) is -2.82. The SMILES string of the molecule is CC(CI)C(=O)OCCN1CCS(=O)(=O)CC1. The fourth-order valence-corrected chi connectivity index (χ4v) is 3.09. The van der Waals surface area contributed by atoms with E-state index in [9.17, 15) is 13.2 Å². The van der Waals surface area contributed by atoms with Gasteiger partial charge in [0.15, 0.2) is 9.84 Å². The van der Waals surface area contributed by atoms with E-state index in [1.807, 2.05) is 11.8 Å². The Balaban J connectivity index is 2.18. The van der Waals surface area contributed by atoms with Crippen LogP contribution in [0, 0.1) is 5.92 Å². The topological polar surface area (TPSA) is 63.7 Å². The van der Waals surface area contributed by atoms with Crippen LogP contribution in [-0.4, -0.2) is 61.5 Å². The van der Waals surface area contributed by atoms with Gasteiger partial charge in [-0.2, -0.15) is 0 Å². The van der Waals surface area contributed by atoms with Crippen molar-refractivity contribution in [1.29, 1.82) is 0 Å². The molecule has 0 amide bonds. The van der Waals surface area contributed by atoms with Crippen LogP contribution in [0.3, 0.4) is 0 Å². The molecule has 0 bridgehead atoms. The van der Waals surface area contributed by atoms with Gasteiger partial charge in [-0.3, -0.25) is 9.69 Å². The molecule has 1 unspecified atom stereocenters. The number of nitrogens with zero attached hydrogens (tertiary/aromatic N) is 1. The van der Waals surface area contributed by atoms with Gasteiger partial charge < -0.3 is 4.74 Å². The summed E-state index contributed by atoms with van der Waals surface area (Å²) in [6.07, 6.45) is 0. The molecule has 0 aromatic carbocycles. The number of alkyl halides is 1. The maximum absolute atomic E-state index is 11.4. The van der Waals surface area contributed by atoms with Crippen molar-refractivity contribution in [2.75, 3.05) is 42.2 Å². The predicted molar refractivity (Wildman–Crippen MR) is 74.1 cm³/mol. The van der Waals surface area contributed by atoms with E-state index >= 15 is 0 Å². The summed E-state index contributed by atoms with van der Waals surface area (Å²) < 4.78 is 28.3. The van der Waals surface area contributed by atoms with Crippen LogP contribution in [0.5, 0.6) is 0 Å². The third kappa shape index (κ3) is 5.52. The smallest absolute Gasteiger partial charge is 0.309 e. The average Bonchev–Trinajstić information content (AvgIpc) is 2.30. The van der Waals surface area contributed by atoms with Crippen LogP contribution < -0.4 is 0 Å². The minimum absolute atomic E-state index is 0.0719. The number of hydrogen-bond donors (Lipinski definition) is 0. The van der Waals surface area contributed by atoms with Gasteiger partial charge in [-0.25, -0.2) is 8.42 Å². The summed E-state index contributed by atoms with van der Waals surface area (Å²) in [5.41, 5.74) is 0. The molecule has 0 N–H and O–H groups in total. The van der Waals surface area contributed by atoms with E-state index in [1.54, 1.807) is 0 Å². The molecule has 1 heterocycles. The summed E-state index contributed by atoms with van der Waals surface area (Å²) in [6, 6.07) is 0. The number of rotatable bonds is 5. The van der Waals surface area contributed by atoms with Crippen LogP contribution in [0.2, 0.25) is 0 Å². The fourth-order valence-electron chi connectivity index (χ4n) is 1.45. The van der Waals surface area contributed by atoms with Gasteiger partial charge in [-0.1, -0.05) is 29.5 Å². The Labute approximate surface area is 116 Å². The summed E-state index contributed by atoms with van der Waals surface area (Å²) in [4.78, 5) is 13.4. The molecule has 1 atom stereocenters. The summed E-state index contributed by atoms with van der Waals surface area (Å²) >= 11 is 2.15. The standard InChI is InChI=1S/C10H18INO4S/c1-9(8-11)10(13)16-5-2-12-3-6-17(14,15)7-4-12/h9H,2-8H2,1H3. The Morgan fingerprint density at radius 1 is 1.41 bits per heavy atom. The first-order valence-electron chi connectivity index (χ1n) is 5.60. The maximum Gasteiger partial charge on any atom is 0.309 e. The van der Waals surface area contributed by atoms with Crippen molar-refractivity contribution in [3.8, 4) is 0 Å². The van der Waals surface area contributed by atoms with Gasteiger partial charge in [0.25, 0.3) is 0 Å². The van der Waals surface area contributed by atoms with E-state index < -0.39 is 9.84 Å². The first-order chi connectivity index (χ1) is 7.94. The normalized spacial score (nSPS) is 22.0. The van der Waals surface area contributed by atoms with Crippen LogP contribution in [0.4, 0.5) is 0 Å². The van der Waals surface area contributed by atoms with E-state index in [0.29, 0.717) is 26.2 Å². The van der Waals surface area contributed by atoms with Gasteiger partial charge in [0, 0.05) is 24.1 Å². The molecule has 1 aliphatic rings. The minimum Gasteiger partial charge on any atom is -0.464 e. The first-order valence-corrected chi connectivity index (χ1v) is 8.94. The first kappa shape index (κ1) is 15.2. The lowest BCUT2D eigenvalue weighted by Gasteiger charge is -2.26. The second-order valence-electron chi connectivity index (χ2n) is 4.22. The molecule has 17 heavy (non-hydrogen) atoms. The molecule has 1 rings (SSSR count). The molecular weight excluding hydrogens is 357 g/mol. The van der Waals surface area contributed by atoms with Gasteiger partial charge >= 0.3 is 5.97 Å². The Bertz CT molecular complexity index is 343. The number of hydrogen-bond acceptors (Lipinski definition) is 5. The molecule has 0 aliphatic carbocycles.